The van der Waals surface area contributed by atoms with E-state index in [-0.39, 0.29) is 41.0 Å². The average Bonchev–Trinajstić information content (AvgIpc) is 3.30. The van der Waals surface area contributed by atoms with E-state index in [0.29, 0.717) is 12.5 Å². The van der Waals surface area contributed by atoms with Gasteiger partial charge in [0.25, 0.3) is 0 Å². The van der Waals surface area contributed by atoms with E-state index in [0.717, 1.165) is 18.5 Å². The minimum Gasteiger partial charge on any atom is -0.462 e. The van der Waals surface area contributed by atoms with Crippen molar-refractivity contribution in [1.29, 1.82) is 0 Å². The van der Waals surface area contributed by atoms with Crippen LogP contribution in [0.25, 0.3) is 0 Å². The van der Waals surface area contributed by atoms with Crippen LogP contribution in [0.5, 0.6) is 0 Å². The average molecular weight is 356 g/mol. The fourth-order valence-corrected chi connectivity index (χ4v) is 6.34. The van der Waals surface area contributed by atoms with Gasteiger partial charge in [0.15, 0.2) is 0 Å². The molecule has 0 unspecified atom stereocenters. The molecular formula is C21H28N2O3. The van der Waals surface area contributed by atoms with Gasteiger partial charge in [-0.2, -0.15) is 0 Å². The lowest BCUT2D eigenvalue weighted by Crippen LogP contribution is -2.54. The van der Waals surface area contributed by atoms with Gasteiger partial charge in [0.05, 0.1) is 12.0 Å². The molecule has 2 saturated heterocycles. The van der Waals surface area contributed by atoms with Crippen molar-refractivity contribution in [1.82, 2.24) is 10.3 Å². The number of hydrogen-bond acceptors (Lipinski definition) is 5. The Hall–Kier alpha value is -1.46. The lowest BCUT2D eigenvalue weighted by Gasteiger charge is -2.48. The van der Waals surface area contributed by atoms with E-state index in [1.54, 1.807) is 6.20 Å². The van der Waals surface area contributed by atoms with Crippen LogP contribution in [0, 0.1) is 23.2 Å². The van der Waals surface area contributed by atoms with Gasteiger partial charge in [-0.3, -0.25) is 9.78 Å². The zero-order valence-corrected chi connectivity index (χ0v) is 15.6. The Morgan fingerprint density at radius 2 is 2.31 bits per heavy atom. The Balaban J connectivity index is 1.32. The molecule has 1 spiro atoms. The summed E-state index contributed by atoms with van der Waals surface area (Å²) < 4.78 is 12.3. The molecule has 5 nitrogen and oxygen atoms in total. The molecule has 1 aromatic rings. The van der Waals surface area contributed by atoms with Gasteiger partial charge in [-0.05, 0) is 36.8 Å². The molecule has 0 bridgehead atoms. The monoisotopic (exact) mass is 356 g/mol. The summed E-state index contributed by atoms with van der Waals surface area (Å²) in [6.07, 6.45) is 8.51. The minimum atomic E-state index is -0.0975. The number of ether oxygens (including phenoxy) is 2. The molecule has 140 valence electrons. The Labute approximate surface area is 154 Å². The molecule has 0 radical (unpaired) electrons. The van der Waals surface area contributed by atoms with E-state index in [1.165, 1.54) is 19.3 Å². The zero-order chi connectivity index (χ0) is 17.9. The van der Waals surface area contributed by atoms with Gasteiger partial charge in [0.1, 0.15) is 11.7 Å². The van der Waals surface area contributed by atoms with Gasteiger partial charge in [0, 0.05) is 36.8 Å². The summed E-state index contributed by atoms with van der Waals surface area (Å²) in [5.74, 6) is 0.642. The highest BCUT2D eigenvalue weighted by atomic mass is 16.6. The third kappa shape index (κ3) is 2.23. The van der Waals surface area contributed by atoms with E-state index in [9.17, 15) is 4.79 Å². The number of fused-ring (bicyclic) bond motifs is 2. The number of epoxide rings is 1. The first-order valence-electron chi connectivity index (χ1n) is 10.0. The van der Waals surface area contributed by atoms with E-state index in [2.05, 4.69) is 24.1 Å². The second-order valence-electron chi connectivity index (χ2n) is 9.04. The first kappa shape index (κ1) is 16.7. The predicted molar refractivity (Wildman–Crippen MR) is 96.1 cm³/mol. The van der Waals surface area contributed by atoms with Gasteiger partial charge in [-0.25, -0.2) is 0 Å². The maximum Gasteiger partial charge on any atom is 0.311 e. The quantitative estimate of drug-likeness (QED) is 0.664. The molecule has 2 aliphatic carbocycles. The van der Waals surface area contributed by atoms with Crippen molar-refractivity contribution < 1.29 is 14.3 Å². The number of pyridine rings is 1. The second-order valence-corrected chi connectivity index (χ2v) is 9.04. The molecule has 0 aromatic carbocycles. The molecule has 7 atom stereocenters. The molecule has 4 aliphatic rings. The smallest absolute Gasteiger partial charge is 0.311 e. The van der Waals surface area contributed by atoms with Crippen molar-refractivity contribution in [3.63, 3.8) is 0 Å². The molecule has 2 saturated carbocycles. The van der Waals surface area contributed by atoms with Crippen LogP contribution in [-0.2, 0) is 20.8 Å². The summed E-state index contributed by atoms with van der Waals surface area (Å²) in [6, 6.07) is 3.98. The van der Waals surface area contributed by atoms with Gasteiger partial charge in [0.2, 0.25) is 0 Å². The lowest BCUT2D eigenvalue weighted by atomic mass is 9.53. The molecule has 2 aliphatic heterocycles. The van der Waals surface area contributed by atoms with Crippen LogP contribution in [0.4, 0.5) is 0 Å². The maximum absolute atomic E-state index is 12.6. The topological polar surface area (TPSA) is 63.8 Å². The number of carbonyl (C=O) groups excluding carboxylic acids is 1. The predicted octanol–water partition coefficient (Wildman–Crippen LogP) is 2.70. The third-order valence-electron chi connectivity index (χ3n) is 7.61. The summed E-state index contributed by atoms with van der Waals surface area (Å²) in [7, 11) is 0. The van der Waals surface area contributed by atoms with Crippen LogP contribution in [0.15, 0.2) is 24.5 Å². The Bertz CT molecular complexity index is 710. The van der Waals surface area contributed by atoms with Crippen LogP contribution >= 0.6 is 0 Å². The van der Waals surface area contributed by atoms with Crippen molar-refractivity contribution in [2.45, 2.75) is 63.9 Å². The van der Waals surface area contributed by atoms with Crippen molar-refractivity contribution >= 4 is 5.97 Å². The van der Waals surface area contributed by atoms with Crippen LogP contribution in [0.3, 0.4) is 0 Å². The second kappa shape index (κ2) is 5.77. The summed E-state index contributed by atoms with van der Waals surface area (Å²) in [6.45, 7) is 6.07. The molecule has 4 fully saturated rings. The first-order valence-corrected chi connectivity index (χ1v) is 10.0. The molecule has 5 rings (SSSR count). The SMILES string of the molecule is C[C@H]1CCC[C@]2(C)C[C@H]3OC(=O)[C@H](CNCc4cccnc4)[C@H]3[C@@H]3O[C@@]132. The van der Waals surface area contributed by atoms with E-state index in [4.69, 9.17) is 9.47 Å². The summed E-state index contributed by atoms with van der Waals surface area (Å²) >= 11 is 0. The zero-order valence-electron chi connectivity index (χ0n) is 15.6. The normalized spacial score (nSPS) is 46.1. The van der Waals surface area contributed by atoms with E-state index in [1.807, 2.05) is 18.3 Å². The lowest BCUT2D eigenvalue weighted by molar-refractivity contribution is -0.146. The van der Waals surface area contributed by atoms with Gasteiger partial charge in [-0.1, -0.05) is 26.3 Å². The number of esters is 1. The molecule has 0 amide bonds. The number of rotatable bonds is 4. The Kier molecular flexibility index (Phi) is 3.70. The van der Waals surface area contributed by atoms with Gasteiger partial charge >= 0.3 is 5.97 Å². The van der Waals surface area contributed by atoms with Crippen LogP contribution in [0.2, 0.25) is 0 Å². The number of nitrogens with one attached hydrogen (secondary N) is 1. The van der Waals surface area contributed by atoms with Gasteiger partial charge in [-0.15, -0.1) is 0 Å². The highest BCUT2D eigenvalue weighted by Crippen LogP contribution is 2.70. The summed E-state index contributed by atoms with van der Waals surface area (Å²) in [5, 5.41) is 3.44. The Morgan fingerprint density at radius 3 is 3.12 bits per heavy atom. The maximum atomic E-state index is 12.6. The number of hydrogen-bond donors (Lipinski definition) is 1. The molecule has 5 heteroatoms. The van der Waals surface area contributed by atoms with Crippen LogP contribution < -0.4 is 5.32 Å². The van der Waals surface area contributed by atoms with Crippen LogP contribution in [-0.4, -0.2) is 35.3 Å². The fourth-order valence-electron chi connectivity index (χ4n) is 6.34. The third-order valence-corrected chi connectivity index (χ3v) is 7.61. The van der Waals surface area contributed by atoms with Crippen LogP contribution in [0.1, 0.15) is 45.1 Å². The summed E-state index contributed by atoms with van der Waals surface area (Å²) in [5.41, 5.74) is 1.28. The van der Waals surface area contributed by atoms with E-state index >= 15 is 0 Å². The fraction of sp³-hybridized carbons (Fsp3) is 0.714. The number of carbonyl (C=O) groups is 1. The standard InChI is InChI=1S/C21H28N2O3/c1-13-5-3-7-20(2)9-16-17(18-21(13,20)26-18)15(19(24)25-16)12-23-11-14-6-4-8-22-10-14/h4,6,8,10,13,15-18,23H,3,5,7,9,11-12H2,1-2H3/t13-,15+,16+,17+,18-,20+,21-/m0/s1. The number of nitrogens with zero attached hydrogens (tertiary/aromatic N) is 1. The van der Waals surface area contributed by atoms with Crippen molar-refractivity contribution in [2.24, 2.45) is 23.2 Å². The Morgan fingerprint density at radius 1 is 1.42 bits per heavy atom. The largest absolute Gasteiger partial charge is 0.462 e. The number of aromatic nitrogens is 1. The highest BCUT2D eigenvalue weighted by Gasteiger charge is 2.78. The summed E-state index contributed by atoms with van der Waals surface area (Å²) in [4.78, 5) is 16.7. The molecule has 26 heavy (non-hydrogen) atoms. The van der Waals surface area contributed by atoms with Crippen molar-refractivity contribution in [3.05, 3.63) is 30.1 Å². The highest BCUT2D eigenvalue weighted by molar-refractivity contribution is 5.76. The first-order chi connectivity index (χ1) is 12.6. The minimum absolute atomic E-state index is 0.0119. The van der Waals surface area contributed by atoms with E-state index < -0.39 is 0 Å². The van der Waals surface area contributed by atoms with Crippen molar-refractivity contribution in [2.75, 3.05) is 6.54 Å². The van der Waals surface area contributed by atoms with Crippen molar-refractivity contribution in [3.8, 4) is 0 Å². The molecule has 1 N–H and O–H groups in total. The van der Waals surface area contributed by atoms with Gasteiger partial charge < -0.3 is 14.8 Å². The molecular weight excluding hydrogens is 328 g/mol. The molecule has 3 heterocycles. The molecule has 1 aromatic heterocycles.